The van der Waals surface area contributed by atoms with E-state index in [1.54, 1.807) is 6.26 Å². The van der Waals surface area contributed by atoms with E-state index in [0.717, 1.165) is 18.6 Å². The number of rotatable bonds is 5. The lowest BCUT2D eigenvalue weighted by atomic mass is 10.2. The van der Waals surface area contributed by atoms with E-state index in [4.69, 9.17) is 4.42 Å². The van der Waals surface area contributed by atoms with Crippen LogP contribution in [0.15, 0.2) is 22.8 Å². The van der Waals surface area contributed by atoms with Crippen molar-refractivity contribution in [3.63, 3.8) is 0 Å². The van der Waals surface area contributed by atoms with Gasteiger partial charge in [-0.2, -0.15) is 0 Å². The van der Waals surface area contributed by atoms with Gasteiger partial charge in [-0.15, -0.1) is 0 Å². The molecule has 0 radical (unpaired) electrons. The highest BCUT2D eigenvalue weighted by Crippen LogP contribution is 2.29. The molecule has 0 bridgehead atoms. The lowest BCUT2D eigenvalue weighted by molar-refractivity contribution is -0.122. The van der Waals surface area contributed by atoms with E-state index in [2.05, 4.69) is 5.32 Å². The molecule has 0 aromatic carbocycles. The van der Waals surface area contributed by atoms with Gasteiger partial charge in [0.2, 0.25) is 5.91 Å². The third-order valence-electron chi connectivity index (χ3n) is 2.91. The second kappa shape index (κ2) is 4.70. The summed E-state index contributed by atoms with van der Waals surface area (Å²) in [6.07, 6.45) is 3.74. The van der Waals surface area contributed by atoms with Crippen molar-refractivity contribution in [2.45, 2.75) is 18.9 Å². The number of nitrogens with one attached hydrogen (secondary N) is 1. The molecule has 1 heterocycles. The Hall–Kier alpha value is -1.29. The van der Waals surface area contributed by atoms with Crippen LogP contribution in [0.1, 0.15) is 24.6 Å². The largest absolute Gasteiger partial charge is 0.468 e. The second-order valence-electron chi connectivity index (χ2n) is 4.51. The zero-order valence-electron chi connectivity index (χ0n) is 9.77. The lowest BCUT2D eigenvalue weighted by Crippen LogP contribution is -2.35. The van der Waals surface area contributed by atoms with Gasteiger partial charge in [-0.25, -0.2) is 0 Å². The Kier molecular flexibility index (Phi) is 3.29. The minimum Gasteiger partial charge on any atom is -0.468 e. The number of nitrogens with zero attached hydrogens (tertiary/aromatic N) is 1. The molecule has 0 saturated heterocycles. The van der Waals surface area contributed by atoms with Crippen LogP contribution in [0.4, 0.5) is 0 Å². The van der Waals surface area contributed by atoms with Gasteiger partial charge in [0.05, 0.1) is 12.3 Å². The average Bonchev–Trinajstić information content (AvgIpc) is 2.96. The summed E-state index contributed by atoms with van der Waals surface area (Å²) < 4.78 is 5.37. The summed E-state index contributed by atoms with van der Waals surface area (Å²) in [6, 6.07) is 3.92. The first-order valence-electron chi connectivity index (χ1n) is 5.66. The highest BCUT2D eigenvalue weighted by Gasteiger charge is 2.30. The van der Waals surface area contributed by atoms with Crippen molar-refractivity contribution in [3.05, 3.63) is 24.2 Å². The smallest absolute Gasteiger partial charge is 0.223 e. The van der Waals surface area contributed by atoms with Gasteiger partial charge in [0.15, 0.2) is 0 Å². The SMILES string of the molecule is CN(C)[C@H](CNC(=O)C1CC1)c1ccco1. The molecule has 0 spiro atoms. The highest BCUT2D eigenvalue weighted by molar-refractivity contribution is 5.80. The van der Waals surface area contributed by atoms with E-state index < -0.39 is 0 Å². The highest BCUT2D eigenvalue weighted by atomic mass is 16.3. The van der Waals surface area contributed by atoms with Gasteiger partial charge >= 0.3 is 0 Å². The van der Waals surface area contributed by atoms with E-state index in [1.807, 2.05) is 31.1 Å². The molecule has 1 atom stereocenters. The second-order valence-corrected chi connectivity index (χ2v) is 4.51. The molecule has 0 aliphatic heterocycles. The Labute approximate surface area is 95.6 Å². The first-order valence-corrected chi connectivity index (χ1v) is 5.66. The van der Waals surface area contributed by atoms with Gasteiger partial charge in [0, 0.05) is 12.5 Å². The summed E-state index contributed by atoms with van der Waals surface area (Å²) in [5, 5.41) is 2.97. The maximum absolute atomic E-state index is 11.5. The first-order chi connectivity index (χ1) is 7.68. The molecule has 2 rings (SSSR count). The molecule has 1 fully saturated rings. The zero-order valence-corrected chi connectivity index (χ0v) is 9.77. The lowest BCUT2D eigenvalue weighted by Gasteiger charge is -2.22. The van der Waals surface area contributed by atoms with Crippen LogP contribution in [0.3, 0.4) is 0 Å². The van der Waals surface area contributed by atoms with Gasteiger partial charge in [0.1, 0.15) is 5.76 Å². The van der Waals surface area contributed by atoms with Crippen molar-refractivity contribution in [3.8, 4) is 0 Å². The van der Waals surface area contributed by atoms with Crippen molar-refractivity contribution in [1.29, 1.82) is 0 Å². The molecule has 4 heteroatoms. The topological polar surface area (TPSA) is 45.5 Å². The Bertz CT molecular complexity index is 342. The number of hydrogen-bond donors (Lipinski definition) is 1. The normalized spacial score (nSPS) is 17.4. The number of carbonyl (C=O) groups excluding carboxylic acids is 1. The van der Waals surface area contributed by atoms with Crippen molar-refractivity contribution < 1.29 is 9.21 Å². The molecule has 88 valence electrons. The van der Waals surface area contributed by atoms with Gasteiger partial charge in [-0.3, -0.25) is 9.69 Å². The van der Waals surface area contributed by atoms with E-state index in [0.29, 0.717) is 6.54 Å². The maximum Gasteiger partial charge on any atom is 0.223 e. The molecule has 1 aliphatic rings. The number of carbonyl (C=O) groups is 1. The quantitative estimate of drug-likeness (QED) is 0.819. The minimum absolute atomic E-state index is 0.109. The first kappa shape index (κ1) is 11.2. The van der Waals surface area contributed by atoms with E-state index in [-0.39, 0.29) is 17.9 Å². The van der Waals surface area contributed by atoms with Gasteiger partial charge < -0.3 is 9.73 Å². The summed E-state index contributed by atoms with van der Waals surface area (Å²) >= 11 is 0. The summed E-state index contributed by atoms with van der Waals surface area (Å²) in [7, 11) is 3.97. The third kappa shape index (κ3) is 2.64. The van der Waals surface area contributed by atoms with Gasteiger partial charge in [0.25, 0.3) is 0 Å². The number of furan rings is 1. The van der Waals surface area contributed by atoms with Crippen molar-refractivity contribution >= 4 is 5.91 Å². The van der Waals surface area contributed by atoms with E-state index in [1.165, 1.54) is 0 Å². The molecule has 16 heavy (non-hydrogen) atoms. The van der Waals surface area contributed by atoms with Crippen LogP contribution in [0.5, 0.6) is 0 Å². The van der Waals surface area contributed by atoms with Crippen molar-refractivity contribution in [2.24, 2.45) is 5.92 Å². The van der Waals surface area contributed by atoms with Crippen LogP contribution < -0.4 is 5.32 Å². The van der Waals surface area contributed by atoms with Crippen LogP contribution in [-0.2, 0) is 4.79 Å². The molecule has 1 saturated carbocycles. The summed E-state index contributed by atoms with van der Waals surface area (Å²) in [5.41, 5.74) is 0. The standard InChI is InChI=1S/C12H18N2O2/c1-14(2)10(11-4-3-7-16-11)8-13-12(15)9-5-6-9/h3-4,7,9-10H,5-6,8H2,1-2H3,(H,13,15)/t10-/m1/s1. The summed E-state index contributed by atoms with van der Waals surface area (Å²) in [6.45, 7) is 0.607. The molecular formula is C12H18N2O2. The third-order valence-corrected chi connectivity index (χ3v) is 2.91. The minimum atomic E-state index is 0.109. The molecule has 4 nitrogen and oxygen atoms in total. The molecule has 1 aromatic rings. The summed E-state index contributed by atoms with van der Waals surface area (Å²) in [4.78, 5) is 13.6. The Morgan fingerprint density at radius 3 is 2.88 bits per heavy atom. The summed E-state index contributed by atoms with van der Waals surface area (Å²) in [5.74, 6) is 1.33. The Balaban J connectivity index is 1.90. The fraction of sp³-hybridized carbons (Fsp3) is 0.583. The molecule has 1 amide bonds. The average molecular weight is 222 g/mol. The monoisotopic (exact) mass is 222 g/mol. The van der Waals surface area contributed by atoms with Crippen LogP contribution in [-0.4, -0.2) is 31.4 Å². The fourth-order valence-corrected chi connectivity index (χ4v) is 1.71. The molecule has 1 aromatic heterocycles. The fourth-order valence-electron chi connectivity index (χ4n) is 1.71. The number of hydrogen-bond acceptors (Lipinski definition) is 3. The van der Waals surface area contributed by atoms with Crippen LogP contribution in [0.25, 0.3) is 0 Å². The Morgan fingerprint density at radius 2 is 2.38 bits per heavy atom. The molecule has 1 N–H and O–H groups in total. The molecule has 0 unspecified atom stereocenters. The Morgan fingerprint density at radius 1 is 1.62 bits per heavy atom. The molecular weight excluding hydrogens is 204 g/mol. The molecule has 1 aliphatic carbocycles. The zero-order chi connectivity index (χ0) is 11.5. The van der Waals surface area contributed by atoms with Crippen LogP contribution in [0, 0.1) is 5.92 Å². The van der Waals surface area contributed by atoms with E-state index in [9.17, 15) is 4.79 Å². The predicted octanol–water partition coefficient (Wildman–Crippen LogP) is 1.41. The van der Waals surface area contributed by atoms with Gasteiger partial charge in [-0.1, -0.05) is 0 Å². The van der Waals surface area contributed by atoms with Crippen molar-refractivity contribution in [2.75, 3.05) is 20.6 Å². The van der Waals surface area contributed by atoms with Crippen LogP contribution in [0.2, 0.25) is 0 Å². The van der Waals surface area contributed by atoms with Crippen molar-refractivity contribution in [1.82, 2.24) is 10.2 Å². The maximum atomic E-state index is 11.5. The predicted molar refractivity (Wildman–Crippen MR) is 60.9 cm³/mol. The van der Waals surface area contributed by atoms with Crippen LogP contribution >= 0.6 is 0 Å². The number of likely N-dealkylation sites (N-methyl/N-ethyl adjacent to an activating group) is 1. The van der Waals surface area contributed by atoms with Gasteiger partial charge in [-0.05, 0) is 39.1 Å². The van der Waals surface area contributed by atoms with E-state index >= 15 is 0 Å². The number of amides is 1.